The number of hydrogen-bond acceptors (Lipinski definition) is 2. The van der Waals surface area contributed by atoms with E-state index in [2.05, 4.69) is 0 Å². The Labute approximate surface area is 93.3 Å². The highest BCUT2D eigenvalue weighted by molar-refractivity contribution is 5.79. The van der Waals surface area contributed by atoms with E-state index in [1.165, 1.54) is 0 Å². The predicted octanol–water partition coefficient (Wildman–Crippen LogP) is 2.56. The van der Waals surface area contributed by atoms with E-state index in [0.717, 1.165) is 12.8 Å². The molecule has 90 valence electrons. The number of Topliss-reactive ketones (excluding diaryl/α,β-unsaturated/α-hetero) is 1. The Morgan fingerprint density at radius 3 is 2.50 bits per heavy atom. The third-order valence-corrected chi connectivity index (χ3v) is 4.60. The molecule has 3 fully saturated rings. The molecule has 2 atom stereocenters. The topological polar surface area (TPSA) is 26.3 Å². The standard InChI is InChI=1S/C12H16F2O2/c13-12(14)10(9-2-1-7-16-9)11(12)5-3-8(15)4-6-11/h9-10H,1-7H2. The molecule has 1 spiro atoms. The molecule has 0 aromatic rings. The molecule has 0 bridgehead atoms. The number of halogens is 2. The SMILES string of the molecule is O=C1CCC2(CC1)C(C1CCCO1)C2(F)F. The van der Waals surface area contributed by atoms with E-state index < -0.39 is 17.3 Å². The van der Waals surface area contributed by atoms with Crippen molar-refractivity contribution in [2.24, 2.45) is 11.3 Å². The molecule has 1 heterocycles. The van der Waals surface area contributed by atoms with E-state index in [9.17, 15) is 13.6 Å². The van der Waals surface area contributed by atoms with E-state index >= 15 is 0 Å². The van der Waals surface area contributed by atoms with Crippen LogP contribution in [0.4, 0.5) is 8.78 Å². The molecule has 1 saturated heterocycles. The van der Waals surface area contributed by atoms with Crippen LogP contribution < -0.4 is 0 Å². The van der Waals surface area contributed by atoms with Gasteiger partial charge in [0.25, 0.3) is 5.92 Å². The van der Waals surface area contributed by atoms with Gasteiger partial charge in [-0.3, -0.25) is 4.79 Å². The van der Waals surface area contributed by atoms with Gasteiger partial charge in [0.1, 0.15) is 5.78 Å². The number of hydrogen-bond donors (Lipinski definition) is 0. The van der Waals surface area contributed by atoms with Gasteiger partial charge in [-0.05, 0) is 25.7 Å². The van der Waals surface area contributed by atoms with Gasteiger partial charge in [0.05, 0.1) is 12.0 Å². The molecule has 0 aromatic heterocycles. The molecular formula is C12H16F2O2. The summed E-state index contributed by atoms with van der Waals surface area (Å²) in [5.74, 6) is -3.07. The molecule has 0 amide bonds. The van der Waals surface area contributed by atoms with Crippen molar-refractivity contribution in [1.29, 1.82) is 0 Å². The number of carbonyl (C=O) groups is 1. The molecule has 1 aliphatic heterocycles. The molecule has 16 heavy (non-hydrogen) atoms. The monoisotopic (exact) mass is 230 g/mol. The second kappa shape index (κ2) is 3.25. The van der Waals surface area contributed by atoms with Gasteiger partial charge < -0.3 is 4.74 Å². The van der Waals surface area contributed by atoms with Crippen LogP contribution in [0.3, 0.4) is 0 Å². The Morgan fingerprint density at radius 2 is 1.94 bits per heavy atom. The van der Waals surface area contributed by atoms with E-state index in [0.29, 0.717) is 32.3 Å². The molecule has 4 heteroatoms. The summed E-state index contributed by atoms with van der Waals surface area (Å²) in [6.07, 6.45) is 2.79. The fourth-order valence-corrected chi connectivity index (χ4v) is 3.61. The lowest BCUT2D eigenvalue weighted by Gasteiger charge is -2.22. The molecule has 2 saturated carbocycles. The first-order valence-electron chi connectivity index (χ1n) is 6.09. The molecule has 3 aliphatic rings. The van der Waals surface area contributed by atoms with Gasteiger partial charge in [0.15, 0.2) is 0 Å². The van der Waals surface area contributed by atoms with Crippen molar-refractivity contribution in [2.75, 3.05) is 6.61 Å². The number of ether oxygens (including phenoxy) is 1. The second-order valence-corrected chi connectivity index (χ2v) is 5.35. The third kappa shape index (κ3) is 1.22. The molecular weight excluding hydrogens is 214 g/mol. The second-order valence-electron chi connectivity index (χ2n) is 5.35. The summed E-state index contributed by atoms with van der Waals surface area (Å²) in [4.78, 5) is 11.1. The van der Waals surface area contributed by atoms with Crippen LogP contribution in [-0.4, -0.2) is 24.4 Å². The molecule has 0 aromatic carbocycles. The van der Waals surface area contributed by atoms with E-state index in [4.69, 9.17) is 4.74 Å². The molecule has 0 N–H and O–H groups in total. The van der Waals surface area contributed by atoms with Crippen LogP contribution in [-0.2, 0) is 9.53 Å². The Bertz CT molecular complexity index is 311. The number of alkyl halides is 2. The highest BCUT2D eigenvalue weighted by Gasteiger charge is 2.81. The van der Waals surface area contributed by atoms with Crippen LogP contribution in [0, 0.1) is 11.3 Å². The quantitative estimate of drug-likeness (QED) is 0.692. The molecule has 2 aliphatic carbocycles. The summed E-state index contributed by atoms with van der Waals surface area (Å²) in [6, 6.07) is 0. The highest BCUT2D eigenvalue weighted by Crippen LogP contribution is 2.73. The van der Waals surface area contributed by atoms with Crippen LogP contribution in [0.5, 0.6) is 0 Å². The maximum Gasteiger partial charge on any atom is 0.260 e. The Balaban J connectivity index is 1.78. The molecule has 3 rings (SSSR count). The summed E-state index contributed by atoms with van der Waals surface area (Å²) >= 11 is 0. The Kier molecular flexibility index (Phi) is 2.16. The van der Waals surface area contributed by atoms with Crippen LogP contribution in [0.15, 0.2) is 0 Å². The summed E-state index contributed by atoms with van der Waals surface area (Å²) < 4.78 is 33.3. The minimum Gasteiger partial charge on any atom is -0.378 e. The van der Waals surface area contributed by atoms with Crippen LogP contribution in [0.1, 0.15) is 38.5 Å². The average Bonchev–Trinajstić information content (AvgIpc) is 2.64. The fraction of sp³-hybridized carbons (Fsp3) is 0.917. The van der Waals surface area contributed by atoms with Gasteiger partial charge >= 0.3 is 0 Å². The van der Waals surface area contributed by atoms with Gasteiger partial charge in [-0.15, -0.1) is 0 Å². The first-order chi connectivity index (χ1) is 7.58. The number of ketones is 1. The van der Waals surface area contributed by atoms with Crippen molar-refractivity contribution in [1.82, 2.24) is 0 Å². The zero-order chi connectivity index (χ0) is 11.4. The maximum absolute atomic E-state index is 13.9. The average molecular weight is 230 g/mol. The van der Waals surface area contributed by atoms with Gasteiger partial charge in [0, 0.05) is 24.9 Å². The first-order valence-corrected chi connectivity index (χ1v) is 6.09. The summed E-state index contributed by atoms with van der Waals surface area (Å²) in [6.45, 7) is 0.617. The van der Waals surface area contributed by atoms with Crippen molar-refractivity contribution in [3.63, 3.8) is 0 Å². The number of carbonyl (C=O) groups excluding carboxylic acids is 1. The van der Waals surface area contributed by atoms with Gasteiger partial charge in [-0.25, -0.2) is 8.78 Å². The minimum absolute atomic E-state index is 0.138. The van der Waals surface area contributed by atoms with Crippen molar-refractivity contribution >= 4 is 5.78 Å². The van der Waals surface area contributed by atoms with E-state index in [1.54, 1.807) is 0 Å². The lowest BCUT2D eigenvalue weighted by Crippen LogP contribution is -2.22. The first kappa shape index (κ1) is 10.6. The zero-order valence-electron chi connectivity index (χ0n) is 9.18. The normalized spacial score (nSPS) is 40.2. The van der Waals surface area contributed by atoms with Crippen molar-refractivity contribution in [3.05, 3.63) is 0 Å². The molecule has 2 nitrogen and oxygen atoms in total. The third-order valence-electron chi connectivity index (χ3n) is 4.60. The van der Waals surface area contributed by atoms with Crippen molar-refractivity contribution in [3.8, 4) is 0 Å². The van der Waals surface area contributed by atoms with Gasteiger partial charge in [-0.2, -0.15) is 0 Å². The van der Waals surface area contributed by atoms with Crippen LogP contribution in [0.2, 0.25) is 0 Å². The molecule has 0 radical (unpaired) electrons. The summed E-state index contributed by atoms with van der Waals surface area (Å²) in [5, 5.41) is 0. The predicted molar refractivity (Wildman–Crippen MR) is 53.3 cm³/mol. The highest BCUT2D eigenvalue weighted by atomic mass is 19.3. The van der Waals surface area contributed by atoms with E-state index in [1.807, 2.05) is 0 Å². The van der Waals surface area contributed by atoms with Crippen LogP contribution >= 0.6 is 0 Å². The Hall–Kier alpha value is -0.510. The number of rotatable bonds is 1. The summed E-state index contributed by atoms with van der Waals surface area (Å²) in [7, 11) is 0. The summed E-state index contributed by atoms with van der Waals surface area (Å²) in [5.41, 5.74) is -0.893. The zero-order valence-corrected chi connectivity index (χ0v) is 9.18. The van der Waals surface area contributed by atoms with Crippen molar-refractivity contribution < 1.29 is 18.3 Å². The Morgan fingerprint density at radius 1 is 1.25 bits per heavy atom. The largest absolute Gasteiger partial charge is 0.378 e. The molecule has 2 unspecified atom stereocenters. The lowest BCUT2D eigenvalue weighted by atomic mass is 9.82. The van der Waals surface area contributed by atoms with E-state index in [-0.39, 0.29) is 11.9 Å². The smallest absolute Gasteiger partial charge is 0.260 e. The minimum atomic E-state index is -2.59. The van der Waals surface area contributed by atoms with Gasteiger partial charge in [0.2, 0.25) is 0 Å². The fourth-order valence-electron chi connectivity index (χ4n) is 3.61. The van der Waals surface area contributed by atoms with Crippen LogP contribution in [0.25, 0.3) is 0 Å². The van der Waals surface area contributed by atoms with Gasteiger partial charge in [-0.1, -0.05) is 0 Å². The maximum atomic E-state index is 13.9. The lowest BCUT2D eigenvalue weighted by molar-refractivity contribution is -0.122. The van der Waals surface area contributed by atoms with Crippen molar-refractivity contribution in [2.45, 2.75) is 50.6 Å².